The van der Waals surface area contributed by atoms with E-state index in [0.717, 1.165) is 11.3 Å². The van der Waals surface area contributed by atoms with Gasteiger partial charge in [-0.15, -0.1) is 0 Å². The lowest BCUT2D eigenvalue weighted by molar-refractivity contribution is -0.122. The first-order valence-electron chi connectivity index (χ1n) is 10.8. The molecule has 0 radical (unpaired) electrons. The van der Waals surface area contributed by atoms with Gasteiger partial charge in [0, 0.05) is 39.2 Å². The minimum absolute atomic E-state index is 0.0521. The molecule has 1 N–H and O–H groups in total. The maximum absolute atomic E-state index is 13.1. The van der Waals surface area contributed by atoms with E-state index >= 15 is 0 Å². The van der Waals surface area contributed by atoms with Gasteiger partial charge in [-0.25, -0.2) is 13.2 Å². The van der Waals surface area contributed by atoms with Gasteiger partial charge >= 0.3 is 5.76 Å². The Hall–Kier alpha value is -3.11. The van der Waals surface area contributed by atoms with E-state index in [9.17, 15) is 18.0 Å². The lowest BCUT2D eigenvalue weighted by atomic mass is 9.94. The van der Waals surface area contributed by atoms with Gasteiger partial charge in [-0.1, -0.05) is 12.1 Å². The summed E-state index contributed by atoms with van der Waals surface area (Å²) in [6.45, 7) is 1.10. The number of aryl methyl sites for hydroxylation is 1. The normalized spacial score (nSPS) is 15.6. The minimum Gasteiger partial charge on any atom is -0.497 e. The number of hydrogen-bond acceptors (Lipinski definition) is 6. The van der Waals surface area contributed by atoms with Gasteiger partial charge in [0.05, 0.1) is 17.5 Å². The molecule has 2 heterocycles. The lowest BCUT2D eigenvalue weighted by Gasteiger charge is -2.31. The molecule has 0 spiro atoms. The van der Waals surface area contributed by atoms with Crippen molar-refractivity contribution in [2.75, 3.05) is 20.2 Å². The zero-order valence-electron chi connectivity index (χ0n) is 18.6. The molecule has 1 amide bonds. The molecule has 1 aliphatic rings. The van der Waals surface area contributed by atoms with Gasteiger partial charge in [-0.3, -0.25) is 9.36 Å². The maximum atomic E-state index is 13.1. The molecule has 10 heteroatoms. The van der Waals surface area contributed by atoms with Crippen molar-refractivity contribution in [3.05, 3.63) is 58.6 Å². The number of methoxy groups -OCH3 is 1. The summed E-state index contributed by atoms with van der Waals surface area (Å²) in [5.41, 5.74) is 1.73. The van der Waals surface area contributed by atoms with Crippen LogP contribution in [0.4, 0.5) is 0 Å². The molecule has 0 bridgehead atoms. The molecule has 4 rings (SSSR count). The second-order valence-corrected chi connectivity index (χ2v) is 10.2. The molecule has 176 valence electrons. The molecule has 1 aromatic heterocycles. The fraction of sp³-hybridized carbons (Fsp3) is 0.391. The summed E-state index contributed by atoms with van der Waals surface area (Å²) in [7, 11) is -0.544. The summed E-state index contributed by atoms with van der Waals surface area (Å²) in [5, 5.41) is 2.92. The summed E-state index contributed by atoms with van der Waals surface area (Å²) in [5.74, 6) is 0.272. The van der Waals surface area contributed by atoms with E-state index in [4.69, 9.17) is 9.15 Å². The van der Waals surface area contributed by atoms with E-state index in [2.05, 4.69) is 5.32 Å². The zero-order valence-corrected chi connectivity index (χ0v) is 19.4. The second-order valence-electron chi connectivity index (χ2n) is 8.24. The highest BCUT2D eigenvalue weighted by Crippen LogP contribution is 2.27. The molecule has 0 aliphatic carbocycles. The van der Waals surface area contributed by atoms with Gasteiger partial charge in [-0.05, 0) is 48.6 Å². The summed E-state index contributed by atoms with van der Waals surface area (Å²) >= 11 is 0. The summed E-state index contributed by atoms with van der Waals surface area (Å²) in [4.78, 5) is 24.2. The Kier molecular flexibility index (Phi) is 6.57. The molecular weight excluding hydrogens is 446 g/mol. The molecule has 33 heavy (non-hydrogen) atoms. The quantitative estimate of drug-likeness (QED) is 0.564. The van der Waals surface area contributed by atoms with Crippen LogP contribution < -0.4 is 15.8 Å². The van der Waals surface area contributed by atoms with Crippen molar-refractivity contribution >= 4 is 27.0 Å². The predicted octanol–water partition coefficient (Wildman–Crippen LogP) is 2.25. The Labute approximate surface area is 192 Å². The van der Waals surface area contributed by atoms with Crippen LogP contribution in [-0.2, 0) is 28.4 Å². The standard InChI is InChI=1S/C23H27N3O6S/c1-25-20-7-6-19(14-21(20)32-23(25)28)33(29,30)26-10-8-16(9-11-26)13-22(27)24-15-17-4-3-5-18(12-17)31-2/h3-7,12,14,16H,8-11,13,15H2,1-2H3,(H,24,27). The number of nitrogens with zero attached hydrogens (tertiary/aromatic N) is 2. The Morgan fingerprint density at radius 1 is 1.18 bits per heavy atom. The van der Waals surface area contributed by atoms with Crippen LogP contribution in [0, 0.1) is 5.92 Å². The predicted molar refractivity (Wildman–Crippen MR) is 122 cm³/mol. The number of aromatic nitrogens is 1. The maximum Gasteiger partial charge on any atom is 0.419 e. The first-order chi connectivity index (χ1) is 15.8. The van der Waals surface area contributed by atoms with Gasteiger partial charge in [0.1, 0.15) is 5.75 Å². The van der Waals surface area contributed by atoms with Crippen molar-refractivity contribution in [2.45, 2.75) is 30.7 Å². The molecule has 0 atom stereocenters. The van der Waals surface area contributed by atoms with Crippen molar-refractivity contribution in [3.63, 3.8) is 0 Å². The van der Waals surface area contributed by atoms with E-state index in [1.54, 1.807) is 20.2 Å². The van der Waals surface area contributed by atoms with Crippen LogP contribution in [0.1, 0.15) is 24.8 Å². The van der Waals surface area contributed by atoms with Gasteiger partial charge < -0.3 is 14.5 Å². The van der Waals surface area contributed by atoms with E-state index in [1.165, 1.54) is 21.0 Å². The third-order valence-electron chi connectivity index (χ3n) is 6.07. The van der Waals surface area contributed by atoms with Crippen molar-refractivity contribution in [1.82, 2.24) is 14.2 Å². The van der Waals surface area contributed by atoms with Crippen LogP contribution in [0.25, 0.3) is 11.1 Å². The van der Waals surface area contributed by atoms with E-state index < -0.39 is 15.8 Å². The number of piperidine rings is 1. The lowest BCUT2D eigenvalue weighted by Crippen LogP contribution is -2.39. The molecule has 3 aromatic rings. The van der Waals surface area contributed by atoms with Crippen molar-refractivity contribution in [1.29, 1.82) is 0 Å². The molecule has 0 saturated carbocycles. The molecule has 1 fully saturated rings. The van der Waals surface area contributed by atoms with E-state index in [1.807, 2.05) is 24.3 Å². The molecule has 1 saturated heterocycles. The van der Waals surface area contributed by atoms with E-state index in [0.29, 0.717) is 44.4 Å². The number of rotatable bonds is 7. The zero-order chi connectivity index (χ0) is 23.6. The highest BCUT2D eigenvalue weighted by atomic mass is 32.2. The largest absolute Gasteiger partial charge is 0.497 e. The first kappa shape index (κ1) is 23.1. The van der Waals surface area contributed by atoms with Gasteiger partial charge in [0.2, 0.25) is 15.9 Å². The number of amides is 1. The molecule has 0 unspecified atom stereocenters. The second kappa shape index (κ2) is 9.40. The number of oxazole rings is 1. The number of nitrogens with one attached hydrogen (secondary N) is 1. The highest BCUT2D eigenvalue weighted by molar-refractivity contribution is 7.89. The highest BCUT2D eigenvalue weighted by Gasteiger charge is 2.30. The Morgan fingerprint density at radius 3 is 2.67 bits per heavy atom. The Balaban J connectivity index is 1.32. The number of carbonyl (C=O) groups excluding carboxylic acids is 1. The van der Waals surface area contributed by atoms with Crippen LogP contribution in [0.5, 0.6) is 5.75 Å². The summed E-state index contributed by atoms with van der Waals surface area (Å²) in [6.07, 6.45) is 1.57. The van der Waals surface area contributed by atoms with Gasteiger partial charge in [-0.2, -0.15) is 4.31 Å². The molecule has 1 aliphatic heterocycles. The van der Waals surface area contributed by atoms with Gasteiger partial charge in [0.25, 0.3) is 0 Å². The topological polar surface area (TPSA) is 111 Å². The Morgan fingerprint density at radius 2 is 1.94 bits per heavy atom. The minimum atomic E-state index is -3.71. The first-order valence-corrected chi connectivity index (χ1v) is 12.2. The van der Waals surface area contributed by atoms with Crippen LogP contribution in [0.15, 0.2) is 56.6 Å². The average molecular weight is 474 g/mol. The van der Waals surface area contributed by atoms with Crippen molar-refractivity contribution in [3.8, 4) is 5.75 Å². The third kappa shape index (κ3) is 4.96. The number of benzene rings is 2. The van der Waals surface area contributed by atoms with Crippen LogP contribution >= 0.6 is 0 Å². The summed E-state index contributed by atoms with van der Waals surface area (Å²) in [6, 6.07) is 12.0. The van der Waals surface area contributed by atoms with Gasteiger partial charge in [0.15, 0.2) is 5.58 Å². The molecule has 2 aromatic carbocycles. The fourth-order valence-electron chi connectivity index (χ4n) is 4.09. The Bertz CT molecular complexity index is 1320. The number of hydrogen-bond donors (Lipinski definition) is 1. The third-order valence-corrected chi connectivity index (χ3v) is 7.97. The van der Waals surface area contributed by atoms with Crippen LogP contribution in [-0.4, -0.2) is 43.4 Å². The fourth-order valence-corrected chi connectivity index (χ4v) is 5.58. The monoisotopic (exact) mass is 473 g/mol. The van der Waals surface area contributed by atoms with Crippen LogP contribution in [0.3, 0.4) is 0 Å². The number of fused-ring (bicyclic) bond motifs is 1. The van der Waals surface area contributed by atoms with E-state index in [-0.39, 0.29) is 22.3 Å². The molecular formula is C23H27N3O6S. The summed E-state index contributed by atoms with van der Waals surface area (Å²) < 4.78 is 39.2. The number of sulfonamides is 1. The smallest absolute Gasteiger partial charge is 0.419 e. The number of ether oxygens (including phenoxy) is 1. The van der Waals surface area contributed by atoms with Crippen molar-refractivity contribution < 1.29 is 22.4 Å². The SMILES string of the molecule is COc1cccc(CNC(=O)CC2CCN(S(=O)(=O)c3ccc4c(c3)oc(=O)n4C)CC2)c1. The number of carbonyl (C=O) groups is 1. The average Bonchev–Trinajstić information content (AvgIpc) is 3.11. The molecule has 9 nitrogen and oxygen atoms in total. The van der Waals surface area contributed by atoms with Crippen LogP contribution in [0.2, 0.25) is 0 Å². The van der Waals surface area contributed by atoms with Crippen molar-refractivity contribution in [2.24, 2.45) is 13.0 Å².